The fraction of sp³-hybridized carbons (Fsp3) is 0.947. The van der Waals surface area contributed by atoms with Gasteiger partial charge in [-0.3, -0.25) is 23.2 Å². The van der Waals surface area contributed by atoms with E-state index in [0.29, 0.717) is 12.8 Å². The zero-order valence-electron chi connectivity index (χ0n) is 34.1. The third-order valence-corrected chi connectivity index (χ3v) is 11.5. The molecule has 1 aliphatic carbocycles. The Labute approximate surface area is 339 Å². The third-order valence-electron chi connectivity index (χ3n) is 10.0. The van der Waals surface area contributed by atoms with E-state index in [2.05, 4.69) is 11.4 Å². The highest BCUT2D eigenvalue weighted by Gasteiger charge is 2.54. The van der Waals surface area contributed by atoms with Crippen LogP contribution in [0.4, 0.5) is 0 Å². The van der Waals surface area contributed by atoms with Gasteiger partial charge in [0.2, 0.25) is 0 Å². The average molecular weight is 864 g/mol. The van der Waals surface area contributed by atoms with E-state index in [4.69, 9.17) is 34.0 Å². The zero-order chi connectivity index (χ0) is 42.5. The summed E-state index contributed by atoms with van der Waals surface area (Å²) in [6.07, 6.45) is 10.3. The van der Waals surface area contributed by atoms with E-state index < -0.39 is 83.5 Å². The van der Waals surface area contributed by atoms with Crippen molar-refractivity contribution in [2.24, 2.45) is 5.73 Å². The Morgan fingerprint density at radius 1 is 0.544 bits per heavy atom. The molecule has 9 N–H and O–H groups in total. The molecule has 1 rings (SSSR count). The van der Waals surface area contributed by atoms with Crippen LogP contribution in [0.15, 0.2) is 0 Å². The molecule has 1 saturated carbocycles. The van der Waals surface area contributed by atoms with Crippen LogP contribution in [-0.2, 0) is 41.8 Å². The van der Waals surface area contributed by atoms with Crippen LogP contribution in [0.3, 0.4) is 0 Å². The second kappa shape index (κ2) is 31.8. The Hall–Kier alpha value is -1.04. The molecule has 0 bridgehead atoms. The van der Waals surface area contributed by atoms with Crippen LogP contribution in [0, 0.1) is 0 Å². The van der Waals surface area contributed by atoms with Crippen LogP contribution < -0.4 is 5.73 Å². The van der Waals surface area contributed by atoms with Crippen molar-refractivity contribution in [1.82, 2.24) is 0 Å². The molecule has 0 saturated heterocycles. The lowest BCUT2D eigenvalue weighted by atomic mass is 9.85. The predicted octanol–water partition coefficient (Wildman–Crippen LogP) is 5.61. The molecule has 0 radical (unpaired) electrons. The minimum Gasteiger partial charge on any atom is -0.462 e. The molecule has 0 aromatic heterocycles. The van der Waals surface area contributed by atoms with Gasteiger partial charge in [0.25, 0.3) is 0 Å². The SMILES string of the molecule is CCCCCCCCCCCCCCCC(=O)O[C@H](COC(=O)CCCCCCCCCCCCN)COP(=O)(O)OC1C(O)[C@@H](O)C(O)[C@@H](OP(=O)(O)O)[C@H]1O. The molecule has 0 amide bonds. The van der Waals surface area contributed by atoms with Crippen molar-refractivity contribution < 1.29 is 76.9 Å². The number of hydrogen-bond acceptors (Lipinski definition) is 14. The lowest BCUT2D eigenvalue weighted by Gasteiger charge is -2.43. The Balaban J connectivity index is 2.64. The molecular weight excluding hydrogens is 788 g/mol. The normalized spacial score (nSPS) is 22.9. The van der Waals surface area contributed by atoms with Gasteiger partial charge in [-0.2, -0.15) is 0 Å². The summed E-state index contributed by atoms with van der Waals surface area (Å²) in [4.78, 5) is 54.0. The highest BCUT2D eigenvalue weighted by Crippen LogP contribution is 2.49. The van der Waals surface area contributed by atoms with Crippen LogP contribution >= 0.6 is 15.6 Å². The third kappa shape index (κ3) is 26.7. The lowest BCUT2D eigenvalue weighted by molar-refractivity contribution is -0.216. The molecule has 17 nitrogen and oxygen atoms in total. The zero-order valence-corrected chi connectivity index (χ0v) is 35.9. The standard InChI is InChI=1S/C38H75NO16P2/c1-2-3-4-5-6-7-8-9-10-14-17-20-23-26-32(41)53-30(28-51-31(40)25-22-19-16-13-11-12-15-18-21-24-27-39)29-52-57(49,50)55-38-35(44)33(42)34(43)37(36(38)45)54-56(46,47)48/h30,33-38,42-45H,2-29,39H2,1H3,(H,49,50)(H2,46,47,48)/t30-,33+,34?,35?,36-,37-,38?/m1/s1. The molecule has 1 aliphatic rings. The average Bonchev–Trinajstić information content (AvgIpc) is 3.16. The van der Waals surface area contributed by atoms with E-state index >= 15 is 0 Å². The number of phosphoric acid groups is 2. The fourth-order valence-corrected chi connectivity index (χ4v) is 8.22. The van der Waals surface area contributed by atoms with Gasteiger partial charge < -0.3 is 50.3 Å². The summed E-state index contributed by atoms with van der Waals surface area (Å²) in [7, 11) is -10.7. The van der Waals surface area contributed by atoms with E-state index in [0.717, 1.165) is 70.8 Å². The summed E-state index contributed by atoms with van der Waals surface area (Å²) in [6, 6.07) is 0. The first-order valence-corrected chi connectivity index (χ1v) is 24.3. The quantitative estimate of drug-likeness (QED) is 0.0216. The number of aliphatic hydroxyl groups is 4. The first kappa shape index (κ1) is 54.0. The summed E-state index contributed by atoms with van der Waals surface area (Å²) >= 11 is 0. The molecule has 0 aliphatic heterocycles. The molecular formula is C38H75NO16P2. The minimum atomic E-state index is -5.36. The topological polar surface area (TPSA) is 282 Å². The highest BCUT2D eigenvalue weighted by molar-refractivity contribution is 7.47. The number of aliphatic hydroxyl groups excluding tert-OH is 4. The Morgan fingerprint density at radius 3 is 1.39 bits per heavy atom. The number of rotatable bonds is 36. The maximum absolute atomic E-state index is 12.9. The minimum absolute atomic E-state index is 0.0465. The van der Waals surface area contributed by atoms with Gasteiger partial charge in [0, 0.05) is 12.8 Å². The number of unbranched alkanes of at least 4 members (excludes halogenated alkanes) is 21. The van der Waals surface area contributed by atoms with Gasteiger partial charge in [0.1, 0.15) is 43.2 Å². The van der Waals surface area contributed by atoms with Gasteiger partial charge in [-0.25, -0.2) is 9.13 Å². The van der Waals surface area contributed by atoms with Crippen molar-refractivity contribution >= 4 is 27.6 Å². The maximum atomic E-state index is 12.9. The van der Waals surface area contributed by atoms with Crippen molar-refractivity contribution in [3.05, 3.63) is 0 Å². The van der Waals surface area contributed by atoms with Crippen molar-refractivity contribution in [3.63, 3.8) is 0 Å². The van der Waals surface area contributed by atoms with E-state index in [1.807, 2.05) is 0 Å². The highest BCUT2D eigenvalue weighted by atomic mass is 31.2. The molecule has 19 heteroatoms. The largest absolute Gasteiger partial charge is 0.472 e. The van der Waals surface area contributed by atoms with Crippen molar-refractivity contribution in [1.29, 1.82) is 0 Å². The monoisotopic (exact) mass is 863 g/mol. The molecule has 0 aromatic rings. The fourth-order valence-electron chi connectivity index (χ4n) is 6.69. The molecule has 57 heavy (non-hydrogen) atoms. The molecule has 0 heterocycles. The Morgan fingerprint density at radius 2 is 0.947 bits per heavy atom. The van der Waals surface area contributed by atoms with Crippen LogP contribution in [0.1, 0.15) is 167 Å². The summed E-state index contributed by atoms with van der Waals surface area (Å²) < 4.78 is 49.1. The van der Waals surface area contributed by atoms with Gasteiger partial charge in [0.05, 0.1) is 6.61 Å². The van der Waals surface area contributed by atoms with Gasteiger partial charge in [-0.15, -0.1) is 0 Å². The summed E-state index contributed by atoms with van der Waals surface area (Å²) in [5.74, 6) is -1.21. The van der Waals surface area contributed by atoms with E-state index in [-0.39, 0.29) is 12.8 Å². The lowest BCUT2D eigenvalue weighted by Crippen LogP contribution is -2.64. The molecule has 4 unspecified atom stereocenters. The molecule has 1 fully saturated rings. The second-order valence-electron chi connectivity index (χ2n) is 15.2. The molecule has 0 aromatic carbocycles. The van der Waals surface area contributed by atoms with Crippen LogP contribution in [-0.4, -0.2) is 110 Å². The number of carbonyl (C=O) groups is 2. The first-order valence-electron chi connectivity index (χ1n) is 21.3. The van der Waals surface area contributed by atoms with E-state index in [1.165, 1.54) is 70.6 Å². The summed E-state index contributed by atoms with van der Waals surface area (Å²) in [5.41, 5.74) is 5.52. The van der Waals surface area contributed by atoms with Crippen molar-refractivity contribution in [2.75, 3.05) is 19.8 Å². The van der Waals surface area contributed by atoms with Crippen molar-refractivity contribution in [3.8, 4) is 0 Å². The van der Waals surface area contributed by atoms with Crippen LogP contribution in [0.2, 0.25) is 0 Å². The van der Waals surface area contributed by atoms with Crippen LogP contribution in [0.5, 0.6) is 0 Å². The van der Waals surface area contributed by atoms with Crippen molar-refractivity contribution in [2.45, 2.75) is 210 Å². The predicted molar refractivity (Wildman–Crippen MR) is 213 cm³/mol. The molecule has 0 spiro atoms. The van der Waals surface area contributed by atoms with Gasteiger partial charge in [-0.05, 0) is 25.8 Å². The molecule has 8 atom stereocenters. The van der Waals surface area contributed by atoms with Gasteiger partial charge in [0.15, 0.2) is 6.10 Å². The van der Waals surface area contributed by atoms with Gasteiger partial charge >= 0.3 is 27.6 Å². The summed E-state index contributed by atoms with van der Waals surface area (Å²) in [6.45, 7) is 1.60. The number of esters is 2. The smallest absolute Gasteiger partial charge is 0.462 e. The Bertz CT molecular complexity index is 1150. The maximum Gasteiger partial charge on any atom is 0.472 e. The second-order valence-corrected chi connectivity index (χ2v) is 17.8. The number of hydrogen-bond donors (Lipinski definition) is 8. The number of ether oxygens (including phenoxy) is 2. The number of phosphoric ester groups is 2. The number of carbonyl (C=O) groups excluding carboxylic acids is 2. The van der Waals surface area contributed by atoms with Gasteiger partial charge in [-0.1, -0.05) is 135 Å². The van der Waals surface area contributed by atoms with E-state index in [1.54, 1.807) is 0 Å². The van der Waals surface area contributed by atoms with Crippen LogP contribution in [0.25, 0.3) is 0 Å². The number of nitrogens with two attached hydrogens (primary N) is 1. The molecule has 338 valence electrons. The van der Waals surface area contributed by atoms with E-state index in [9.17, 15) is 44.0 Å². The summed E-state index contributed by atoms with van der Waals surface area (Å²) in [5, 5.41) is 41.1. The Kier molecular flexibility index (Phi) is 30.1. The first-order chi connectivity index (χ1) is 27.1.